The molecule has 2 aromatic heterocycles. The first-order valence-corrected chi connectivity index (χ1v) is 8.57. The molecule has 0 aliphatic carbocycles. The van der Waals surface area contributed by atoms with Crippen molar-refractivity contribution in [2.24, 2.45) is 0 Å². The van der Waals surface area contributed by atoms with Crippen molar-refractivity contribution in [2.45, 2.75) is 65.3 Å². The van der Waals surface area contributed by atoms with Gasteiger partial charge in [-0.05, 0) is 54.5 Å². The van der Waals surface area contributed by atoms with Gasteiger partial charge in [-0.25, -0.2) is 18.7 Å². The summed E-state index contributed by atoms with van der Waals surface area (Å²) < 4.78 is 33.2. The highest BCUT2D eigenvalue weighted by molar-refractivity contribution is 6.65. The molecule has 0 spiro atoms. The summed E-state index contributed by atoms with van der Waals surface area (Å²) in [5.74, 6) is -0.498. The quantitative estimate of drug-likeness (QED) is 0.729. The molecule has 8 heteroatoms. The van der Waals surface area contributed by atoms with Gasteiger partial charge in [-0.3, -0.25) is 0 Å². The van der Waals surface area contributed by atoms with Crippen LogP contribution in [-0.2, 0) is 14.0 Å². The fourth-order valence-corrected chi connectivity index (χ4v) is 2.74. The monoisotopic (exact) mass is 362 g/mol. The number of carbonyl (C=O) groups excluding carboxylic acids is 1. The number of fused-ring (bicyclic) bond motifs is 1. The summed E-state index contributed by atoms with van der Waals surface area (Å²) in [6.45, 7) is 12.9. The third-order valence-corrected chi connectivity index (χ3v) is 4.76. The summed E-state index contributed by atoms with van der Waals surface area (Å²) in [4.78, 5) is 16.7. The molecule has 0 N–H and O–H groups in total. The van der Waals surface area contributed by atoms with E-state index >= 15 is 0 Å². The van der Waals surface area contributed by atoms with Gasteiger partial charge in [0, 0.05) is 17.9 Å². The van der Waals surface area contributed by atoms with E-state index in [2.05, 4.69) is 4.98 Å². The van der Waals surface area contributed by atoms with E-state index in [1.807, 2.05) is 27.7 Å². The number of nitrogens with zero attached hydrogens (tertiary/aromatic N) is 2. The molecule has 0 amide bonds. The molecular formula is C18H24BFN2O4. The first-order chi connectivity index (χ1) is 11.8. The van der Waals surface area contributed by atoms with Gasteiger partial charge >= 0.3 is 13.2 Å². The zero-order valence-electron chi connectivity index (χ0n) is 16.2. The van der Waals surface area contributed by atoms with Gasteiger partial charge in [-0.2, -0.15) is 0 Å². The Balaban J connectivity index is 2.12. The van der Waals surface area contributed by atoms with Crippen molar-refractivity contribution in [3.05, 3.63) is 24.3 Å². The third kappa shape index (κ3) is 3.12. The Morgan fingerprint density at radius 1 is 1.23 bits per heavy atom. The Labute approximate surface area is 152 Å². The van der Waals surface area contributed by atoms with Crippen LogP contribution in [0.2, 0.25) is 0 Å². The smallest absolute Gasteiger partial charge is 0.443 e. The lowest BCUT2D eigenvalue weighted by Crippen LogP contribution is -2.41. The van der Waals surface area contributed by atoms with Gasteiger partial charge in [0.25, 0.3) is 0 Å². The summed E-state index contributed by atoms with van der Waals surface area (Å²) in [5, 5.41) is 0.192. The van der Waals surface area contributed by atoms with Gasteiger partial charge in [0.05, 0.1) is 16.6 Å². The zero-order valence-corrected chi connectivity index (χ0v) is 16.2. The number of carbonyl (C=O) groups is 1. The predicted molar refractivity (Wildman–Crippen MR) is 97.0 cm³/mol. The van der Waals surface area contributed by atoms with E-state index in [4.69, 9.17) is 14.0 Å². The molecule has 0 saturated carbocycles. The standard InChI is InChI=1S/C18H24BFN2O4/c1-16(2,3)24-15(23)22-10-11(13-12(20)8-9-21-14(13)22)19-25-17(4,5)18(6,7)26-19/h8-10H,1-7H3. The van der Waals surface area contributed by atoms with Crippen LogP contribution in [0.1, 0.15) is 48.5 Å². The number of rotatable bonds is 1. The molecule has 0 bridgehead atoms. The van der Waals surface area contributed by atoms with E-state index in [1.54, 1.807) is 20.8 Å². The summed E-state index contributed by atoms with van der Waals surface area (Å²) >= 11 is 0. The number of hydrogen-bond donors (Lipinski definition) is 0. The Morgan fingerprint density at radius 3 is 2.35 bits per heavy atom. The molecule has 1 saturated heterocycles. The lowest BCUT2D eigenvalue weighted by atomic mass is 9.79. The molecule has 0 unspecified atom stereocenters. The van der Waals surface area contributed by atoms with Gasteiger partial charge < -0.3 is 14.0 Å². The third-order valence-electron chi connectivity index (χ3n) is 4.76. The molecule has 0 aromatic carbocycles. The van der Waals surface area contributed by atoms with Gasteiger partial charge in [-0.15, -0.1) is 0 Å². The molecule has 3 rings (SSSR count). The lowest BCUT2D eigenvalue weighted by molar-refractivity contribution is 0.00578. The maximum absolute atomic E-state index is 14.6. The van der Waals surface area contributed by atoms with Crippen LogP contribution in [0.15, 0.2) is 18.5 Å². The second-order valence-corrected chi connectivity index (χ2v) is 8.51. The van der Waals surface area contributed by atoms with Crippen molar-refractivity contribution in [2.75, 3.05) is 0 Å². The maximum atomic E-state index is 14.6. The van der Waals surface area contributed by atoms with E-state index in [0.29, 0.717) is 5.46 Å². The van der Waals surface area contributed by atoms with Crippen LogP contribution in [0, 0.1) is 5.82 Å². The zero-order chi connectivity index (χ0) is 19.5. The SMILES string of the molecule is CC(C)(C)OC(=O)n1cc(B2OC(C)(C)C(C)(C)O2)c2c(F)ccnc21. The summed E-state index contributed by atoms with van der Waals surface area (Å²) in [6.07, 6.45) is 2.16. The molecule has 140 valence electrons. The molecule has 3 heterocycles. The van der Waals surface area contributed by atoms with E-state index in [1.165, 1.54) is 23.0 Å². The Bertz CT molecular complexity index is 854. The van der Waals surface area contributed by atoms with Gasteiger partial charge in [0.1, 0.15) is 11.4 Å². The predicted octanol–water partition coefficient (Wildman–Crippen LogP) is 3.26. The fraction of sp³-hybridized carbons (Fsp3) is 0.556. The first-order valence-electron chi connectivity index (χ1n) is 8.57. The van der Waals surface area contributed by atoms with Gasteiger partial charge in [0.15, 0.2) is 5.65 Å². The molecule has 1 aliphatic rings. The van der Waals surface area contributed by atoms with Crippen molar-refractivity contribution in [1.29, 1.82) is 0 Å². The number of halogens is 1. The van der Waals surface area contributed by atoms with Crippen LogP contribution in [0.3, 0.4) is 0 Å². The Morgan fingerprint density at radius 2 is 1.81 bits per heavy atom. The highest BCUT2D eigenvalue weighted by Gasteiger charge is 2.52. The Hall–Kier alpha value is -1.93. The first kappa shape index (κ1) is 18.9. The minimum atomic E-state index is -0.815. The number of pyridine rings is 1. The normalized spacial score (nSPS) is 19.2. The van der Waals surface area contributed by atoms with Gasteiger partial charge in [0.2, 0.25) is 0 Å². The average Bonchev–Trinajstić information content (AvgIpc) is 2.94. The summed E-state index contributed by atoms with van der Waals surface area (Å²) in [6, 6.07) is 1.25. The van der Waals surface area contributed by atoms with Crippen molar-refractivity contribution < 1.29 is 23.2 Å². The van der Waals surface area contributed by atoms with Crippen LogP contribution < -0.4 is 5.46 Å². The van der Waals surface area contributed by atoms with Crippen molar-refractivity contribution in [3.63, 3.8) is 0 Å². The molecule has 0 atom stereocenters. The average molecular weight is 362 g/mol. The van der Waals surface area contributed by atoms with Crippen LogP contribution in [0.25, 0.3) is 11.0 Å². The molecule has 2 aromatic rings. The Kier molecular flexibility index (Phi) is 4.20. The van der Waals surface area contributed by atoms with Crippen LogP contribution in [0.4, 0.5) is 9.18 Å². The molecule has 0 radical (unpaired) electrons. The largest absolute Gasteiger partial charge is 0.497 e. The topological polar surface area (TPSA) is 62.6 Å². The van der Waals surface area contributed by atoms with Crippen molar-refractivity contribution >= 4 is 29.7 Å². The van der Waals surface area contributed by atoms with Gasteiger partial charge in [-0.1, -0.05) is 0 Å². The molecule has 1 aliphatic heterocycles. The minimum Gasteiger partial charge on any atom is -0.443 e. The maximum Gasteiger partial charge on any atom is 0.497 e. The highest BCUT2D eigenvalue weighted by atomic mass is 19.1. The minimum absolute atomic E-state index is 0.170. The summed E-state index contributed by atoms with van der Waals surface area (Å²) in [7, 11) is -0.815. The fourth-order valence-electron chi connectivity index (χ4n) is 2.74. The van der Waals surface area contributed by atoms with Crippen molar-refractivity contribution in [1.82, 2.24) is 9.55 Å². The molecule has 6 nitrogen and oxygen atoms in total. The number of aromatic nitrogens is 2. The van der Waals surface area contributed by atoms with Crippen LogP contribution in [-0.4, -0.2) is 39.6 Å². The number of hydrogen-bond acceptors (Lipinski definition) is 5. The van der Waals surface area contributed by atoms with E-state index < -0.39 is 35.8 Å². The highest BCUT2D eigenvalue weighted by Crippen LogP contribution is 2.37. The molecule has 1 fully saturated rings. The summed E-state index contributed by atoms with van der Waals surface area (Å²) in [5.41, 5.74) is -1.28. The second-order valence-electron chi connectivity index (χ2n) is 8.51. The van der Waals surface area contributed by atoms with E-state index in [-0.39, 0.29) is 11.0 Å². The van der Waals surface area contributed by atoms with Crippen LogP contribution >= 0.6 is 0 Å². The molecule has 26 heavy (non-hydrogen) atoms. The molecular weight excluding hydrogens is 338 g/mol. The van der Waals surface area contributed by atoms with E-state index in [9.17, 15) is 9.18 Å². The van der Waals surface area contributed by atoms with E-state index in [0.717, 1.165) is 0 Å². The lowest BCUT2D eigenvalue weighted by Gasteiger charge is -2.32. The van der Waals surface area contributed by atoms with Crippen LogP contribution in [0.5, 0.6) is 0 Å². The van der Waals surface area contributed by atoms with Crippen molar-refractivity contribution in [3.8, 4) is 0 Å². The second kappa shape index (κ2) is 5.79. The number of ether oxygens (including phenoxy) is 1.